The molecule has 0 radical (unpaired) electrons. The predicted molar refractivity (Wildman–Crippen MR) is 138 cm³/mol. The molecule has 0 spiro atoms. The summed E-state index contributed by atoms with van der Waals surface area (Å²) in [5.41, 5.74) is 3.38. The summed E-state index contributed by atoms with van der Waals surface area (Å²) < 4.78 is 5.94. The SMILES string of the molecule is CCC1Oc2ccc(-c3csc(-c4ccccn4)n3)cc2N(CC(=O)Nc2ccccc2Cl)C1=O. The van der Waals surface area contributed by atoms with Crippen LogP contribution in [0.15, 0.2) is 72.2 Å². The summed E-state index contributed by atoms with van der Waals surface area (Å²) in [6.07, 6.45) is 1.56. The van der Waals surface area contributed by atoms with Crippen LogP contribution in [0.25, 0.3) is 22.0 Å². The van der Waals surface area contributed by atoms with Crippen LogP contribution in [-0.4, -0.2) is 34.4 Å². The molecule has 1 aliphatic rings. The third-order valence-electron chi connectivity index (χ3n) is 5.56. The number of halogens is 1. The summed E-state index contributed by atoms with van der Waals surface area (Å²) in [6, 6.07) is 18.2. The number of benzene rings is 2. The summed E-state index contributed by atoms with van der Waals surface area (Å²) in [4.78, 5) is 36.6. The smallest absolute Gasteiger partial charge is 0.268 e. The van der Waals surface area contributed by atoms with Crippen molar-refractivity contribution in [2.75, 3.05) is 16.8 Å². The van der Waals surface area contributed by atoms with Crippen LogP contribution in [0.1, 0.15) is 13.3 Å². The van der Waals surface area contributed by atoms with Crippen molar-refractivity contribution >= 4 is 46.1 Å². The van der Waals surface area contributed by atoms with E-state index in [4.69, 9.17) is 21.3 Å². The first-order valence-corrected chi connectivity index (χ1v) is 12.3. The molecule has 0 bridgehead atoms. The first kappa shape index (κ1) is 23.0. The number of amides is 2. The van der Waals surface area contributed by atoms with Gasteiger partial charge in [-0.05, 0) is 48.9 Å². The molecule has 1 N–H and O–H groups in total. The zero-order chi connectivity index (χ0) is 24.4. The van der Waals surface area contributed by atoms with Gasteiger partial charge in [0, 0.05) is 17.1 Å². The largest absolute Gasteiger partial charge is 0.478 e. The minimum atomic E-state index is -0.656. The zero-order valence-electron chi connectivity index (χ0n) is 18.8. The van der Waals surface area contributed by atoms with E-state index in [2.05, 4.69) is 10.3 Å². The predicted octanol–water partition coefficient (Wildman–Crippen LogP) is 5.67. The van der Waals surface area contributed by atoms with Crippen LogP contribution in [0.3, 0.4) is 0 Å². The highest BCUT2D eigenvalue weighted by atomic mass is 35.5. The van der Waals surface area contributed by atoms with E-state index in [0.717, 1.165) is 22.0 Å². The van der Waals surface area contributed by atoms with Crippen molar-refractivity contribution < 1.29 is 14.3 Å². The quantitative estimate of drug-likeness (QED) is 0.366. The van der Waals surface area contributed by atoms with Crippen LogP contribution in [0.5, 0.6) is 5.75 Å². The summed E-state index contributed by atoms with van der Waals surface area (Å²) in [6.45, 7) is 1.70. The van der Waals surface area contributed by atoms with Crippen molar-refractivity contribution in [1.29, 1.82) is 0 Å². The Labute approximate surface area is 211 Å². The third kappa shape index (κ3) is 4.76. The van der Waals surface area contributed by atoms with Gasteiger partial charge < -0.3 is 10.1 Å². The molecule has 4 aromatic rings. The molecule has 0 aliphatic carbocycles. The fourth-order valence-corrected chi connectivity index (χ4v) is 4.80. The van der Waals surface area contributed by atoms with Gasteiger partial charge in [0.1, 0.15) is 17.3 Å². The molecule has 9 heteroatoms. The molecule has 0 saturated heterocycles. The lowest BCUT2D eigenvalue weighted by Gasteiger charge is -2.34. The maximum atomic E-state index is 13.2. The average molecular weight is 505 g/mol. The highest BCUT2D eigenvalue weighted by Gasteiger charge is 2.35. The van der Waals surface area contributed by atoms with Crippen LogP contribution in [0.2, 0.25) is 5.02 Å². The van der Waals surface area contributed by atoms with Crippen molar-refractivity contribution in [3.05, 3.63) is 77.3 Å². The number of rotatable bonds is 6. The summed E-state index contributed by atoms with van der Waals surface area (Å²) in [5.74, 6) is -0.0736. The number of hydrogen-bond acceptors (Lipinski definition) is 6. The number of thiazole rings is 1. The molecule has 1 unspecified atom stereocenters. The van der Waals surface area contributed by atoms with E-state index in [-0.39, 0.29) is 18.4 Å². The van der Waals surface area contributed by atoms with Gasteiger partial charge in [0.15, 0.2) is 6.10 Å². The first-order chi connectivity index (χ1) is 17.0. The van der Waals surface area contributed by atoms with E-state index in [1.54, 1.807) is 30.5 Å². The van der Waals surface area contributed by atoms with Gasteiger partial charge in [-0.25, -0.2) is 4.98 Å². The first-order valence-electron chi connectivity index (χ1n) is 11.1. The Hall–Kier alpha value is -3.75. The Morgan fingerprint density at radius 3 is 2.74 bits per heavy atom. The van der Waals surface area contributed by atoms with E-state index in [1.807, 2.05) is 48.7 Å². The number of carbonyl (C=O) groups excluding carboxylic acids is 2. The molecule has 35 heavy (non-hydrogen) atoms. The standard InChI is InChI=1S/C26H21ClN4O3S/c1-2-22-26(33)31(14-24(32)29-18-8-4-3-7-17(18)27)21-13-16(10-11-23(21)34-22)20-15-35-25(30-20)19-9-5-6-12-28-19/h3-13,15,22H,2,14H2,1H3,(H,29,32). The second kappa shape index (κ2) is 9.85. The molecule has 2 aromatic carbocycles. The summed E-state index contributed by atoms with van der Waals surface area (Å²) in [5, 5.41) is 5.96. The number of carbonyl (C=O) groups is 2. The topological polar surface area (TPSA) is 84.4 Å². The van der Waals surface area contributed by atoms with Crippen molar-refractivity contribution in [3.63, 3.8) is 0 Å². The molecule has 0 saturated carbocycles. The minimum absolute atomic E-state index is 0.170. The lowest BCUT2D eigenvalue weighted by Crippen LogP contribution is -2.48. The molecule has 0 fully saturated rings. The molecule has 3 heterocycles. The minimum Gasteiger partial charge on any atom is -0.478 e. The van der Waals surface area contributed by atoms with E-state index in [1.165, 1.54) is 16.2 Å². The van der Waals surface area contributed by atoms with E-state index < -0.39 is 6.10 Å². The molecular formula is C26H21ClN4O3S. The molecule has 2 aromatic heterocycles. The number of hydrogen-bond donors (Lipinski definition) is 1. The van der Waals surface area contributed by atoms with Crippen molar-refractivity contribution in [1.82, 2.24) is 9.97 Å². The highest BCUT2D eigenvalue weighted by Crippen LogP contribution is 2.39. The molecule has 7 nitrogen and oxygen atoms in total. The van der Waals surface area contributed by atoms with Gasteiger partial charge in [-0.3, -0.25) is 19.5 Å². The Bertz CT molecular complexity index is 1390. The maximum Gasteiger partial charge on any atom is 0.268 e. The summed E-state index contributed by atoms with van der Waals surface area (Å²) >= 11 is 7.67. The van der Waals surface area contributed by atoms with Gasteiger partial charge >= 0.3 is 0 Å². The van der Waals surface area contributed by atoms with Gasteiger partial charge in [-0.2, -0.15) is 0 Å². The Morgan fingerprint density at radius 1 is 1.14 bits per heavy atom. The fourth-order valence-electron chi connectivity index (χ4n) is 3.81. The maximum absolute atomic E-state index is 13.2. The lowest BCUT2D eigenvalue weighted by atomic mass is 10.1. The lowest BCUT2D eigenvalue weighted by molar-refractivity contribution is -0.128. The number of para-hydroxylation sites is 1. The van der Waals surface area contributed by atoms with Gasteiger partial charge in [0.2, 0.25) is 5.91 Å². The molecule has 1 aliphatic heterocycles. The van der Waals surface area contributed by atoms with E-state index >= 15 is 0 Å². The normalized spacial score (nSPS) is 14.9. The van der Waals surface area contributed by atoms with Gasteiger partial charge in [-0.1, -0.05) is 36.7 Å². The van der Waals surface area contributed by atoms with E-state index in [9.17, 15) is 9.59 Å². The number of ether oxygens (including phenoxy) is 1. The number of nitrogens with one attached hydrogen (secondary N) is 1. The third-order valence-corrected chi connectivity index (χ3v) is 6.76. The second-order valence-electron chi connectivity index (χ2n) is 7.90. The van der Waals surface area contributed by atoms with E-state index in [0.29, 0.717) is 28.6 Å². The van der Waals surface area contributed by atoms with Crippen LogP contribution in [0.4, 0.5) is 11.4 Å². The van der Waals surface area contributed by atoms with Gasteiger partial charge in [-0.15, -0.1) is 11.3 Å². The molecule has 1 atom stereocenters. The van der Waals surface area contributed by atoms with Crippen LogP contribution in [-0.2, 0) is 9.59 Å². The molecule has 2 amide bonds. The highest BCUT2D eigenvalue weighted by molar-refractivity contribution is 7.13. The Morgan fingerprint density at radius 2 is 1.97 bits per heavy atom. The number of pyridine rings is 1. The molecular weight excluding hydrogens is 484 g/mol. The monoisotopic (exact) mass is 504 g/mol. The average Bonchev–Trinajstić information content (AvgIpc) is 3.38. The number of aromatic nitrogens is 2. The van der Waals surface area contributed by atoms with Crippen molar-refractivity contribution in [2.45, 2.75) is 19.4 Å². The number of anilines is 2. The van der Waals surface area contributed by atoms with Crippen LogP contribution in [0, 0.1) is 0 Å². The summed E-state index contributed by atoms with van der Waals surface area (Å²) in [7, 11) is 0. The number of fused-ring (bicyclic) bond motifs is 1. The van der Waals surface area contributed by atoms with Crippen molar-refractivity contribution in [3.8, 4) is 27.7 Å². The Balaban J connectivity index is 1.45. The second-order valence-corrected chi connectivity index (χ2v) is 9.17. The van der Waals surface area contributed by atoms with Crippen LogP contribution < -0.4 is 15.0 Å². The van der Waals surface area contributed by atoms with Gasteiger partial charge in [0.05, 0.1) is 27.8 Å². The molecule has 5 rings (SSSR count). The number of nitrogens with zero attached hydrogens (tertiary/aromatic N) is 3. The van der Waals surface area contributed by atoms with Crippen molar-refractivity contribution in [2.24, 2.45) is 0 Å². The molecule has 176 valence electrons. The zero-order valence-corrected chi connectivity index (χ0v) is 20.3. The fraction of sp³-hybridized carbons (Fsp3) is 0.154. The van der Waals surface area contributed by atoms with Gasteiger partial charge in [0.25, 0.3) is 5.91 Å². The van der Waals surface area contributed by atoms with Crippen LogP contribution >= 0.6 is 22.9 Å². The Kier molecular flexibility index (Phi) is 6.48.